The molecular weight excluding hydrogens is 222 g/mol. The second-order valence-corrected chi connectivity index (χ2v) is 4.72. The second-order valence-electron chi connectivity index (χ2n) is 4.72. The number of aliphatic hydroxyl groups excluding tert-OH is 1. The van der Waals surface area contributed by atoms with Crippen molar-refractivity contribution in [2.75, 3.05) is 0 Å². The Morgan fingerprint density at radius 2 is 1.50 bits per heavy atom. The van der Waals surface area contributed by atoms with Crippen LogP contribution < -0.4 is 5.73 Å². The van der Waals surface area contributed by atoms with Crippen molar-refractivity contribution in [2.45, 2.75) is 25.5 Å². The smallest absolute Gasteiger partial charge is 0.0804 e. The molecule has 94 valence electrons. The lowest BCUT2D eigenvalue weighted by molar-refractivity contribution is 0.160. The van der Waals surface area contributed by atoms with Crippen LogP contribution in [0.3, 0.4) is 0 Å². The lowest BCUT2D eigenvalue weighted by Gasteiger charge is -2.13. The van der Waals surface area contributed by atoms with Crippen molar-refractivity contribution in [3.63, 3.8) is 0 Å². The van der Waals surface area contributed by atoms with Crippen LogP contribution in [0.5, 0.6) is 0 Å². The summed E-state index contributed by atoms with van der Waals surface area (Å²) in [6, 6.07) is 18.2. The molecule has 2 rings (SSSR count). The van der Waals surface area contributed by atoms with E-state index >= 15 is 0 Å². The van der Waals surface area contributed by atoms with Crippen LogP contribution in [0.1, 0.15) is 25.0 Å². The molecule has 0 bridgehead atoms. The van der Waals surface area contributed by atoms with Gasteiger partial charge in [-0.3, -0.25) is 0 Å². The van der Waals surface area contributed by atoms with Crippen molar-refractivity contribution in [1.29, 1.82) is 0 Å². The van der Waals surface area contributed by atoms with Gasteiger partial charge in [0.1, 0.15) is 0 Å². The molecule has 2 nitrogen and oxygen atoms in total. The maximum atomic E-state index is 9.97. The predicted molar refractivity (Wildman–Crippen MR) is 75.1 cm³/mol. The molecule has 0 aliphatic rings. The van der Waals surface area contributed by atoms with E-state index in [-0.39, 0.29) is 6.04 Å². The molecule has 3 N–H and O–H groups in total. The number of aliphatic hydroxyl groups is 1. The first-order valence-electron chi connectivity index (χ1n) is 6.26. The molecule has 2 atom stereocenters. The van der Waals surface area contributed by atoms with Crippen molar-refractivity contribution in [1.82, 2.24) is 0 Å². The Bertz CT molecular complexity index is 476. The number of benzene rings is 2. The van der Waals surface area contributed by atoms with E-state index in [4.69, 9.17) is 5.73 Å². The highest BCUT2D eigenvalue weighted by Crippen LogP contribution is 2.23. The van der Waals surface area contributed by atoms with Gasteiger partial charge in [-0.05, 0) is 30.0 Å². The minimum Gasteiger partial charge on any atom is -0.388 e. The van der Waals surface area contributed by atoms with Gasteiger partial charge in [-0.2, -0.15) is 0 Å². The lowest BCUT2D eigenvalue weighted by atomic mass is 9.99. The molecule has 0 aliphatic carbocycles. The van der Waals surface area contributed by atoms with Crippen LogP contribution in [0, 0.1) is 0 Å². The van der Waals surface area contributed by atoms with E-state index in [1.807, 2.05) is 49.4 Å². The van der Waals surface area contributed by atoms with Gasteiger partial charge in [-0.1, -0.05) is 54.6 Å². The van der Waals surface area contributed by atoms with E-state index in [1.165, 1.54) is 5.56 Å². The number of hydrogen-bond donors (Lipinski definition) is 2. The van der Waals surface area contributed by atoms with Crippen LogP contribution in [0.25, 0.3) is 11.1 Å². The fourth-order valence-corrected chi connectivity index (χ4v) is 2.02. The van der Waals surface area contributed by atoms with Crippen LogP contribution in [0.15, 0.2) is 54.6 Å². The second kappa shape index (κ2) is 5.80. The highest BCUT2D eigenvalue weighted by molar-refractivity contribution is 5.63. The number of rotatable bonds is 4. The molecule has 0 radical (unpaired) electrons. The zero-order valence-corrected chi connectivity index (χ0v) is 10.6. The molecule has 2 aromatic rings. The van der Waals surface area contributed by atoms with E-state index < -0.39 is 6.10 Å². The summed E-state index contributed by atoms with van der Waals surface area (Å²) in [6.07, 6.45) is 0.111. The van der Waals surface area contributed by atoms with Crippen LogP contribution in [-0.4, -0.2) is 11.1 Å². The van der Waals surface area contributed by atoms with Gasteiger partial charge in [-0.25, -0.2) is 0 Å². The Kier molecular flexibility index (Phi) is 4.13. The number of nitrogens with two attached hydrogens (primary N) is 1. The first-order chi connectivity index (χ1) is 8.66. The third kappa shape index (κ3) is 3.19. The van der Waals surface area contributed by atoms with E-state index in [1.54, 1.807) is 0 Å². The van der Waals surface area contributed by atoms with Gasteiger partial charge in [0.2, 0.25) is 0 Å². The molecule has 18 heavy (non-hydrogen) atoms. The quantitative estimate of drug-likeness (QED) is 0.864. The van der Waals surface area contributed by atoms with Crippen molar-refractivity contribution in [2.24, 2.45) is 5.73 Å². The van der Waals surface area contributed by atoms with Gasteiger partial charge in [0.15, 0.2) is 0 Å². The van der Waals surface area contributed by atoms with Crippen molar-refractivity contribution in [3.8, 4) is 11.1 Å². The average molecular weight is 241 g/mol. The predicted octanol–water partition coefficient (Wildman–Crippen LogP) is 3.12. The fourth-order valence-electron chi connectivity index (χ4n) is 2.02. The summed E-state index contributed by atoms with van der Waals surface area (Å²) in [5.74, 6) is 0. The lowest BCUT2D eigenvalue weighted by Crippen LogP contribution is -2.18. The Hall–Kier alpha value is -1.64. The summed E-state index contributed by atoms with van der Waals surface area (Å²) in [5.41, 5.74) is 8.96. The van der Waals surface area contributed by atoms with E-state index in [0.29, 0.717) is 6.42 Å². The largest absolute Gasteiger partial charge is 0.388 e. The summed E-state index contributed by atoms with van der Waals surface area (Å²) >= 11 is 0. The third-order valence-corrected chi connectivity index (χ3v) is 3.00. The minimum atomic E-state index is -0.477. The van der Waals surface area contributed by atoms with E-state index in [0.717, 1.165) is 11.1 Å². The SMILES string of the molecule is CC(N)CC(O)c1ccc(-c2ccccc2)cc1. The molecule has 0 fully saturated rings. The molecule has 0 spiro atoms. The van der Waals surface area contributed by atoms with Gasteiger partial charge in [0, 0.05) is 6.04 Å². The zero-order chi connectivity index (χ0) is 13.0. The summed E-state index contributed by atoms with van der Waals surface area (Å²) < 4.78 is 0. The summed E-state index contributed by atoms with van der Waals surface area (Å²) in [7, 11) is 0. The van der Waals surface area contributed by atoms with E-state index in [2.05, 4.69) is 12.1 Å². The van der Waals surface area contributed by atoms with Crippen LogP contribution in [0.4, 0.5) is 0 Å². The molecule has 2 heteroatoms. The molecule has 2 aromatic carbocycles. The Labute approximate surface area is 108 Å². The van der Waals surface area contributed by atoms with Gasteiger partial charge in [0.05, 0.1) is 6.10 Å². The average Bonchev–Trinajstić information content (AvgIpc) is 2.39. The zero-order valence-electron chi connectivity index (χ0n) is 10.6. The van der Waals surface area contributed by atoms with Crippen molar-refractivity contribution >= 4 is 0 Å². The highest BCUT2D eigenvalue weighted by Gasteiger charge is 2.09. The summed E-state index contributed by atoms with van der Waals surface area (Å²) in [5, 5.41) is 9.97. The molecule has 0 amide bonds. The Morgan fingerprint density at radius 3 is 2.06 bits per heavy atom. The van der Waals surface area contributed by atoms with Gasteiger partial charge >= 0.3 is 0 Å². The minimum absolute atomic E-state index is 0.00815. The Balaban J connectivity index is 2.15. The molecule has 2 unspecified atom stereocenters. The molecule has 0 saturated heterocycles. The standard InChI is InChI=1S/C16H19NO/c1-12(17)11-16(18)15-9-7-14(8-10-15)13-5-3-2-4-6-13/h2-10,12,16,18H,11,17H2,1H3. The summed E-state index contributed by atoms with van der Waals surface area (Å²) in [4.78, 5) is 0. The topological polar surface area (TPSA) is 46.2 Å². The van der Waals surface area contributed by atoms with Crippen LogP contribution >= 0.6 is 0 Å². The van der Waals surface area contributed by atoms with Crippen molar-refractivity contribution in [3.05, 3.63) is 60.2 Å². The maximum absolute atomic E-state index is 9.97. The molecule has 0 saturated carbocycles. The molecule has 0 heterocycles. The number of hydrogen-bond acceptors (Lipinski definition) is 2. The first kappa shape index (κ1) is 12.8. The highest BCUT2D eigenvalue weighted by atomic mass is 16.3. The van der Waals surface area contributed by atoms with Gasteiger partial charge < -0.3 is 10.8 Å². The summed E-state index contributed by atoms with van der Waals surface area (Å²) in [6.45, 7) is 1.90. The van der Waals surface area contributed by atoms with Crippen LogP contribution in [0.2, 0.25) is 0 Å². The van der Waals surface area contributed by atoms with E-state index in [9.17, 15) is 5.11 Å². The van der Waals surface area contributed by atoms with Crippen molar-refractivity contribution < 1.29 is 5.11 Å². The molecule has 0 aromatic heterocycles. The molecule has 0 aliphatic heterocycles. The van der Waals surface area contributed by atoms with Crippen LogP contribution in [-0.2, 0) is 0 Å². The maximum Gasteiger partial charge on any atom is 0.0804 e. The fraction of sp³-hybridized carbons (Fsp3) is 0.250. The Morgan fingerprint density at radius 1 is 0.944 bits per heavy atom. The third-order valence-electron chi connectivity index (χ3n) is 3.00. The first-order valence-corrected chi connectivity index (χ1v) is 6.26. The van der Waals surface area contributed by atoms with Gasteiger partial charge in [0.25, 0.3) is 0 Å². The molecular formula is C16H19NO. The monoisotopic (exact) mass is 241 g/mol. The van der Waals surface area contributed by atoms with Gasteiger partial charge in [-0.15, -0.1) is 0 Å². The normalized spacial score (nSPS) is 14.2.